The van der Waals surface area contributed by atoms with Crippen molar-refractivity contribution in [2.75, 3.05) is 13.2 Å². The smallest absolute Gasteiger partial charge is 0.441 e. The summed E-state index contributed by atoms with van der Waals surface area (Å²) in [5.74, 6) is -1.11. The first-order valence-corrected chi connectivity index (χ1v) is 16.1. The standard InChI is InChI=1S/C36H46N4O8/c1-6-7-22-40(33(42)48-39-32(41)47-34(2,3)4)36(37,35(5,43)44)24-25-14-16-26(17-15-25)27-18-20-28(21-19-27)45-23-10-13-31-38-29-11-8-9-12-30(29)46-31/h8-9,11-12,14-21,43-44H,6-7,10,13,22-24,37H2,1-5H3,(H,39,41). The number of para-hydroxylation sites is 2. The maximum atomic E-state index is 13.2. The molecule has 0 aliphatic rings. The van der Waals surface area contributed by atoms with Crippen LogP contribution in [0, 0.1) is 0 Å². The molecule has 48 heavy (non-hydrogen) atoms. The number of hydroxylamine groups is 1. The summed E-state index contributed by atoms with van der Waals surface area (Å²) in [5, 5.41) is 21.6. The Hall–Kier alpha value is -4.65. The minimum Gasteiger partial charge on any atom is -0.494 e. The van der Waals surface area contributed by atoms with Gasteiger partial charge in [0.15, 0.2) is 22.9 Å². The van der Waals surface area contributed by atoms with Crippen molar-refractivity contribution in [1.82, 2.24) is 15.4 Å². The number of carbonyl (C=O) groups is 2. The molecule has 4 rings (SSSR count). The van der Waals surface area contributed by atoms with Crippen LogP contribution < -0.4 is 16.0 Å². The lowest BCUT2D eigenvalue weighted by Crippen LogP contribution is -2.72. The topological polar surface area (TPSA) is 170 Å². The molecule has 258 valence electrons. The molecule has 5 N–H and O–H groups in total. The lowest BCUT2D eigenvalue weighted by atomic mass is 9.90. The fraction of sp³-hybridized carbons (Fsp3) is 0.417. The van der Waals surface area contributed by atoms with E-state index in [0.717, 1.165) is 46.2 Å². The summed E-state index contributed by atoms with van der Waals surface area (Å²) in [6.07, 6.45) is 0.452. The Morgan fingerprint density at radius 2 is 1.58 bits per heavy atom. The van der Waals surface area contributed by atoms with Crippen molar-refractivity contribution in [3.05, 3.63) is 84.3 Å². The Balaban J connectivity index is 1.37. The molecule has 0 saturated carbocycles. The molecule has 3 aromatic carbocycles. The van der Waals surface area contributed by atoms with E-state index in [1.165, 1.54) is 0 Å². The molecule has 4 aromatic rings. The van der Waals surface area contributed by atoms with Crippen molar-refractivity contribution in [2.24, 2.45) is 5.73 Å². The van der Waals surface area contributed by atoms with Crippen molar-refractivity contribution in [1.29, 1.82) is 0 Å². The summed E-state index contributed by atoms with van der Waals surface area (Å²) >= 11 is 0. The highest BCUT2D eigenvalue weighted by molar-refractivity contribution is 5.73. The highest BCUT2D eigenvalue weighted by Crippen LogP contribution is 2.30. The first kappa shape index (κ1) is 36.2. The second kappa shape index (κ2) is 15.5. The number of nitrogens with two attached hydrogens (primary N) is 1. The highest BCUT2D eigenvalue weighted by atomic mass is 16.7. The van der Waals surface area contributed by atoms with Crippen molar-refractivity contribution < 1.29 is 38.5 Å². The molecule has 12 nitrogen and oxygen atoms in total. The number of hydrogen-bond donors (Lipinski definition) is 4. The number of carbonyl (C=O) groups excluding carboxylic acids is 2. The molecule has 1 unspecified atom stereocenters. The van der Waals surface area contributed by atoms with Crippen LogP contribution in [-0.4, -0.2) is 62.5 Å². The molecule has 1 aromatic heterocycles. The number of nitrogens with zero attached hydrogens (tertiary/aromatic N) is 2. The van der Waals surface area contributed by atoms with Gasteiger partial charge in [0, 0.05) is 19.4 Å². The van der Waals surface area contributed by atoms with E-state index in [9.17, 15) is 19.8 Å². The lowest BCUT2D eigenvalue weighted by Gasteiger charge is -2.46. The lowest BCUT2D eigenvalue weighted by molar-refractivity contribution is -0.231. The van der Waals surface area contributed by atoms with Crippen LogP contribution in [0.2, 0.25) is 0 Å². The van der Waals surface area contributed by atoms with Crippen molar-refractivity contribution >= 4 is 23.3 Å². The molecule has 0 saturated heterocycles. The minimum absolute atomic E-state index is 0.0435. The van der Waals surface area contributed by atoms with Gasteiger partial charge in [0.1, 0.15) is 16.9 Å². The molecule has 0 spiro atoms. The van der Waals surface area contributed by atoms with Crippen LogP contribution in [0.3, 0.4) is 0 Å². The Bertz CT molecular complexity index is 1610. The zero-order chi connectivity index (χ0) is 35.0. The van der Waals surface area contributed by atoms with Crippen LogP contribution in [0.25, 0.3) is 22.2 Å². The molecule has 0 fully saturated rings. The number of amides is 2. The van der Waals surface area contributed by atoms with Gasteiger partial charge in [0.05, 0.1) is 6.61 Å². The second-order valence-corrected chi connectivity index (χ2v) is 12.8. The van der Waals surface area contributed by atoms with Gasteiger partial charge in [-0.3, -0.25) is 4.90 Å². The van der Waals surface area contributed by atoms with Crippen LogP contribution in [-0.2, 0) is 22.4 Å². The average molecular weight is 663 g/mol. The third kappa shape index (κ3) is 9.69. The maximum absolute atomic E-state index is 13.2. The maximum Gasteiger partial charge on any atom is 0.441 e. The van der Waals surface area contributed by atoms with Gasteiger partial charge in [0.25, 0.3) is 0 Å². The third-order valence-electron chi connectivity index (χ3n) is 7.64. The number of fused-ring (bicyclic) bond motifs is 1. The normalized spacial score (nSPS) is 13.1. The average Bonchev–Trinajstić information content (AvgIpc) is 3.45. The van der Waals surface area contributed by atoms with E-state index in [2.05, 4.69) is 4.98 Å². The van der Waals surface area contributed by atoms with Gasteiger partial charge in [-0.1, -0.05) is 61.9 Å². The molecule has 1 heterocycles. The zero-order valence-corrected chi connectivity index (χ0v) is 28.2. The number of ether oxygens (including phenoxy) is 2. The summed E-state index contributed by atoms with van der Waals surface area (Å²) in [5.41, 5.74) is 9.89. The van der Waals surface area contributed by atoms with E-state index >= 15 is 0 Å². The first-order valence-electron chi connectivity index (χ1n) is 16.1. The van der Waals surface area contributed by atoms with Crippen molar-refractivity contribution in [2.45, 2.75) is 83.8 Å². The fourth-order valence-electron chi connectivity index (χ4n) is 5.04. The van der Waals surface area contributed by atoms with Crippen LogP contribution in [0.15, 0.2) is 77.2 Å². The quantitative estimate of drug-likeness (QED) is 0.0747. The number of aliphatic hydroxyl groups is 2. The van der Waals surface area contributed by atoms with Gasteiger partial charge in [-0.2, -0.15) is 0 Å². The number of unbranched alkanes of at least 4 members (excludes halogenated alkanes) is 1. The molecule has 1 atom stereocenters. The van der Waals surface area contributed by atoms with Crippen molar-refractivity contribution in [3.63, 3.8) is 0 Å². The second-order valence-electron chi connectivity index (χ2n) is 12.8. The summed E-state index contributed by atoms with van der Waals surface area (Å²) in [7, 11) is 0. The van der Waals surface area contributed by atoms with Crippen LogP contribution in [0.5, 0.6) is 5.75 Å². The van der Waals surface area contributed by atoms with Gasteiger partial charge >= 0.3 is 12.2 Å². The van der Waals surface area contributed by atoms with E-state index < -0.39 is 29.2 Å². The number of oxazole rings is 1. The summed E-state index contributed by atoms with van der Waals surface area (Å²) in [4.78, 5) is 35.7. The van der Waals surface area contributed by atoms with Gasteiger partial charge in [0.2, 0.25) is 0 Å². The number of rotatable bonds is 13. The van der Waals surface area contributed by atoms with Gasteiger partial charge in [-0.05, 0) is 81.5 Å². The molecule has 0 aliphatic heterocycles. The molecule has 0 aliphatic carbocycles. The minimum atomic E-state index is -2.54. The van der Waals surface area contributed by atoms with E-state index in [1.807, 2.05) is 85.2 Å². The Kier molecular flexibility index (Phi) is 11.7. The molecular weight excluding hydrogens is 616 g/mol. The predicted octanol–water partition coefficient (Wildman–Crippen LogP) is 6.08. The number of hydrogen-bond acceptors (Lipinski definition) is 10. The number of benzene rings is 3. The molecule has 12 heteroatoms. The zero-order valence-electron chi connectivity index (χ0n) is 28.2. The van der Waals surface area contributed by atoms with E-state index in [-0.39, 0.29) is 13.0 Å². The molecular formula is C36H46N4O8. The monoisotopic (exact) mass is 662 g/mol. The Morgan fingerprint density at radius 3 is 2.19 bits per heavy atom. The number of nitrogens with one attached hydrogen (secondary N) is 1. The van der Waals surface area contributed by atoms with Crippen molar-refractivity contribution in [3.8, 4) is 16.9 Å². The number of aryl methyl sites for hydroxylation is 1. The predicted molar refractivity (Wildman–Crippen MR) is 181 cm³/mol. The Morgan fingerprint density at radius 1 is 0.938 bits per heavy atom. The first-order chi connectivity index (χ1) is 22.7. The van der Waals surface area contributed by atoms with Crippen LogP contribution >= 0.6 is 0 Å². The fourth-order valence-corrected chi connectivity index (χ4v) is 5.04. The third-order valence-corrected chi connectivity index (χ3v) is 7.64. The number of aromatic nitrogens is 1. The molecule has 2 amide bonds. The van der Waals surface area contributed by atoms with Gasteiger partial charge < -0.3 is 34.7 Å². The van der Waals surface area contributed by atoms with E-state index in [4.69, 9.17) is 24.5 Å². The summed E-state index contributed by atoms with van der Waals surface area (Å²) < 4.78 is 16.8. The van der Waals surface area contributed by atoms with Gasteiger partial charge in [-0.15, -0.1) is 5.48 Å². The largest absolute Gasteiger partial charge is 0.494 e. The van der Waals surface area contributed by atoms with E-state index in [1.54, 1.807) is 20.8 Å². The van der Waals surface area contributed by atoms with Gasteiger partial charge in [-0.25, -0.2) is 14.6 Å². The van der Waals surface area contributed by atoms with Crippen LogP contribution in [0.1, 0.15) is 65.3 Å². The summed E-state index contributed by atoms with van der Waals surface area (Å²) in [6.45, 7) is 8.57. The van der Waals surface area contributed by atoms with E-state index in [0.29, 0.717) is 37.3 Å². The molecule has 0 radical (unpaired) electrons. The van der Waals surface area contributed by atoms with Crippen LogP contribution in [0.4, 0.5) is 9.59 Å². The SMILES string of the molecule is CCCCN(C(=O)ONC(=O)OC(C)(C)C)C(N)(Cc1ccc(-c2ccc(OCCCc3nc4ccccc4o3)cc2)cc1)C(C)(O)O. The Labute approximate surface area is 280 Å². The molecule has 0 bridgehead atoms. The summed E-state index contributed by atoms with van der Waals surface area (Å²) in [6, 6.07) is 22.8. The highest BCUT2D eigenvalue weighted by Gasteiger charge is 2.50.